The summed E-state index contributed by atoms with van der Waals surface area (Å²) in [6, 6.07) is 13.1. The van der Waals surface area contributed by atoms with Gasteiger partial charge in [0, 0.05) is 5.92 Å². The highest BCUT2D eigenvalue weighted by Crippen LogP contribution is 2.31. The molecule has 0 aliphatic heterocycles. The monoisotopic (exact) mass is 325 g/mol. The Hall–Kier alpha value is -2.67. The van der Waals surface area contributed by atoms with Crippen LogP contribution in [-0.2, 0) is 0 Å². The molecule has 2 aromatic rings. The average Bonchev–Trinajstić information content (AvgIpc) is 2.63. The van der Waals surface area contributed by atoms with Gasteiger partial charge >= 0.3 is 0 Å². The van der Waals surface area contributed by atoms with Crippen LogP contribution in [0.25, 0.3) is 22.4 Å². The molecule has 0 radical (unpaired) electrons. The zero-order valence-corrected chi connectivity index (χ0v) is 14.6. The zero-order valence-electron chi connectivity index (χ0n) is 14.6. The first-order valence-electron chi connectivity index (χ1n) is 9.11. The summed E-state index contributed by atoms with van der Waals surface area (Å²) in [6.07, 6.45) is 17.2. The van der Waals surface area contributed by atoms with Crippen molar-refractivity contribution in [1.82, 2.24) is 0 Å². The van der Waals surface area contributed by atoms with E-state index in [0.29, 0.717) is 17.5 Å². The second-order valence-corrected chi connectivity index (χ2v) is 6.82. The minimum atomic E-state index is 0.338. The quantitative estimate of drug-likeness (QED) is 0.785. The molecule has 0 aromatic heterocycles. The Bertz CT molecular complexity index is 1030. The van der Waals surface area contributed by atoms with E-state index in [-0.39, 0.29) is 0 Å². The Morgan fingerprint density at radius 2 is 1.92 bits per heavy atom. The lowest BCUT2D eigenvalue weighted by atomic mass is 9.76. The van der Waals surface area contributed by atoms with Crippen molar-refractivity contribution < 1.29 is 0 Å². The van der Waals surface area contributed by atoms with Crippen LogP contribution in [0.1, 0.15) is 19.8 Å². The van der Waals surface area contributed by atoms with E-state index in [0.717, 1.165) is 12.8 Å². The molecule has 2 unspecified atom stereocenters. The van der Waals surface area contributed by atoms with E-state index in [2.05, 4.69) is 73.7 Å². The van der Waals surface area contributed by atoms with Crippen molar-refractivity contribution in [3.63, 3.8) is 0 Å². The second kappa shape index (κ2) is 6.68. The van der Waals surface area contributed by atoms with Crippen molar-refractivity contribution in [3.05, 3.63) is 83.3 Å². The maximum absolute atomic E-state index is 8.66. The van der Waals surface area contributed by atoms with Gasteiger partial charge in [0.1, 0.15) is 0 Å². The molecule has 1 N–H and O–H groups in total. The van der Waals surface area contributed by atoms with Crippen LogP contribution in [-0.4, -0.2) is 5.71 Å². The highest BCUT2D eigenvalue weighted by Gasteiger charge is 2.26. The van der Waals surface area contributed by atoms with Gasteiger partial charge in [0.15, 0.2) is 0 Å². The number of fused-ring (bicyclic) bond motifs is 3. The summed E-state index contributed by atoms with van der Waals surface area (Å²) in [5, 5.41) is 13.7. The van der Waals surface area contributed by atoms with Crippen LogP contribution in [0.5, 0.6) is 0 Å². The smallest absolute Gasteiger partial charge is 0.0581 e. The van der Waals surface area contributed by atoms with Gasteiger partial charge in [-0.15, -0.1) is 0 Å². The molecule has 0 fully saturated rings. The van der Waals surface area contributed by atoms with Gasteiger partial charge in [0.25, 0.3) is 0 Å². The molecule has 25 heavy (non-hydrogen) atoms. The SMILES string of the molecule is CCC=CC1/C=C\C=C/C(=N)C2=c3cc4ccccc4cc3=CCC21. The van der Waals surface area contributed by atoms with E-state index in [1.54, 1.807) is 0 Å². The van der Waals surface area contributed by atoms with Crippen LogP contribution in [0.2, 0.25) is 0 Å². The van der Waals surface area contributed by atoms with Crippen LogP contribution in [0, 0.1) is 17.2 Å². The molecule has 0 spiro atoms. The van der Waals surface area contributed by atoms with Crippen LogP contribution in [0.4, 0.5) is 0 Å². The lowest BCUT2D eigenvalue weighted by Crippen LogP contribution is -2.37. The Kier molecular flexibility index (Phi) is 4.23. The summed E-state index contributed by atoms with van der Waals surface area (Å²) in [7, 11) is 0. The summed E-state index contributed by atoms with van der Waals surface area (Å²) in [4.78, 5) is 0. The molecule has 2 atom stereocenters. The van der Waals surface area contributed by atoms with Crippen molar-refractivity contribution in [2.24, 2.45) is 11.8 Å². The molecule has 2 aliphatic carbocycles. The fraction of sp³-hybridized carbons (Fsp3) is 0.208. The van der Waals surface area contributed by atoms with Gasteiger partial charge in [0.2, 0.25) is 0 Å². The van der Waals surface area contributed by atoms with Gasteiger partial charge in [-0.25, -0.2) is 0 Å². The van der Waals surface area contributed by atoms with Crippen molar-refractivity contribution in [1.29, 1.82) is 5.41 Å². The Morgan fingerprint density at radius 1 is 1.12 bits per heavy atom. The molecule has 0 heterocycles. The maximum atomic E-state index is 8.66. The van der Waals surface area contributed by atoms with Gasteiger partial charge < -0.3 is 5.41 Å². The van der Waals surface area contributed by atoms with Crippen molar-refractivity contribution >= 4 is 28.1 Å². The fourth-order valence-corrected chi connectivity index (χ4v) is 3.99. The van der Waals surface area contributed by atoms with E-state index in [9.17, 15) is 0 Å². The molecular formula is C24H23N. The molecule has 1 nitrogen and oxygen atoms in total. The molecule has 4 rings (SSSR count). The molecule has 124 valence electrons. The molecule has 0 saturated carbocycles. The van der Waals surface area contributed by atoms with E-state index < -0.39 is 0 Å². The Morgan fingerprint density at radius 3 is 2.72 bits per heavy atom. The minimum absolute atomic E-state index is 0.338. The number of rotatable bonds is 2. The third kappa shape index (κ3) is 2.91. The summed E-state index contributed by atoms with van der Waals surface area (Å²) in [6.45, 7) is 2.17. The third-order valence-corrected chi connectivity index (χ3v) is 5.23. The number of hydrogen-bond acceptors (Lipinski definition) is 1. The molecule has 0 amide bonds. The highest BCUT2D eigenvalue weighted by molar-refractivity contribution is 6.24. The largest absolute Gasteiger partial charge is 0.301 e. The topological polar surface area (TPSA) is 23.9 Å². The lowest BCUT2D eigenvalue weighted by molar-refractivity contribution is 0.590. The Balaban J connectivity index is 2.00. The Labute approximate surface area is 148 Å². The van der Waals surface area contributed by atoms with E-state index >= 15 is 0 Å². The number of benzene rings is 2. The number of allylic oxidation sites excluding steroid dienone is 6. The standard InChI is InChI=1S/C24H23N/c1-2-3-8-17-9-6-7-12-23(25)24-21(17)14-13-20-15-18-10-4-5-11-19(18)16-22(20)24/h3-13,15-17,21,25H,2,14H2,1H3/b8-3?,9-6-,12-7-,25-23?. The molecule has 2 aliphatic rings. The maximum Gasteiger partial charge on any atom is 0.0581 e. The summed E-state index contributed by atoms with van der Waals surface area (Å²) < 4.78 is 0. The van der Waals surface area contributed by atoms with Crippen LogP contribution < -0.4 is 10.4 Å². The van der Waals surface area contributed by atoms with E-state index in [4.69, 9.17) is 5.41 Å². The summed E-state index contributed by atoms with van der Waals surface area (Å²) >= 11 is 0. The number of nitrogens with one attached hydrogen (secondary N) is 1. The molecule has 2 aromatic carbocycles. The molecular weight excluding hydrogens is 302 g/mol. The van der Waals surface area contributed by atoms with E-state index in [1.807, 2.05) is 12.2 Å². The summed E-state index contributed by atoms with van der Waals surface area (Å²) in [5.41, 5.74) is 1.84. The van der Waals surface area contributed by atoms with Gasteiger partial charge in [0.05, 0.1) is 5.71 Å². The van der Waals surface area contributed by atoms with Gasteiger partial charge in [-0.3, -0.25) is 0 Å². The first-order valence-corrected chi connectivity index (χ1v) is 9.11. The van der Waals surface area contributed by atoms with Crippen molar-refractivity contribution in [3.8, 4) is 0 Å². The normalized spacial score (nSPS) is 25.0. The molecule has 0 saturated heterocycles. The molecule has 0 bridgehead atoms. The fourth-order valence-electron chi connectivity index (χ4n) is 3.99. The highest BCUT2D eigenvalue weighted by atomic mass is 14.4. The second-order valence-electron chi connectivity index (χ2n) is 6.82. The minimum Gasteiger partial charge on any atom is -0.301 e. The van der Waals surface area contributed by atoms with Gasteiger partial charge in [-0.05, 0) is 63.8 Å². The number of hydrogen-bond donors (Lipinski definition) is 1. The first-order chi connectivity index (χ1) is 12.3. The third-order valence-electron chi connectivity index (χ3n) is 5.23. The van der Waals surface area contributed by atoms with Crippen molar-refractivity contribution in [2.75, 3.05) is 0 Å². The van der Waals surface area contributed by atoms with Gasteiger partial charge in [-0.1, -0.05) is 67.6 Å². The van der Waals surface area contributed by atoms with Crippen LogP contribution in [0.3, 0.4) is 0 Å². The van der Waals surface area contributed by atoms with Crippen LogP contribution >= 0.6 is 0 Å². The molecule has 1 heteroatoms. The van der Waals surface area contributed by atoms with Gasteiger partial charge in [-0.2, -0.15) is 0 Å². The lowest BCUT2D eigenvalue weighted by Gasteiger charge is -2.28. The first kappa shape index (κ1) is 15.8. The zero-order chi connectivity index (χ0) is 17.2. The average molecular weight is 325 g/mol. The van der Waals surface area contributed by atoms with Crippen LogP contribution in [0.15, 0.2) is 72.9 Å². The predicted octanol–water partition coefficient (Wildman–Crippen LogP) is 4.52. The van der Waals surface area contributed by atoms with Crippen molar-refractivity contribution in [2.45, 2.75) is 19.8 Å². The summed E-state index contributed by atoms with van der Waals surface area (Å²) in [5.74, 6) is 0.682. The predicted molar refractivity (Wildman–Crippen MR) is 108 cm³/mol. The van der Waals surface area contributed by atoms with E-state index in [1.165, 1.54) is 26.8 Å².